The van der Waals surface area contributed by atoms with E-state index in [2.05, 4.69) is 36.0 Å². The van der Waals surface area contributed by atoms with E-state index in [1.54, 1.807) is 10.9 Å². The fraction of sp³-hybridized carbons (Fsp3) is 0.588. The topological polar surface area (TPSA) is 51.0 Å². The Kier molecular flexibility index (Phi) is 2.99. The Morgan fingerprint density at radius 1 is 1.55 bits per heavy atom. The van der Waals surface area contributed by atoms with Crippen molar-refractivity contribution >= 4 is 5.91 Å². The highest BCUT2D eigenvalue weighted by Crippen LogP contribution is 2.59. The molecule has 1 saturated heterocycles. The van der Waals surface area contributed by atoms with E-state index in [0.717, 1.165) is 26.1 Å². The lowest BCUT2D eigenvalue weighted by molar-refractivity contribution is 0.0759. The maximum atomic E-state index is 12.7. The number of carbonyl (C=O) groups is 1. The Morgan fingerprint density at radius 2 is 2.41 bits per heavy atom. The van der Waals surface area contributed by atoms with Crippen molar-refractivity contribution in [2.45, 2.75) is 26.3 Å². The van der Waals surface area contributed by atoms with Crippen LogP contribution in [-0.2, 0) is 6.54 Å². The molecule has 0 radical (unpaired) electrons. The molecule has 0 N–H and O–H groups in total. The van der Waals surface area contributed by atoms with Gasteiger partial charge in [-0.05, 0) is 36.0 Å². The second-order valence-electron chi connectivity index (χ2n) is 7.13. The number of hydrogen-bond donors (Lipinski definition) is 0. The second kappa shape index (κ2) is 4.80. The van der Waals surface area contributed by atoms with Crippen LogP contribution in [0.25, 0.3) is 0 Å². The van der Waals surface area contributed by atoms with E-state index in [1.165, 1.54) is 6.42 Å². The quantitative estimate of drug-likeness (QED) is 0.800. The van der Waals surface area contributed by atoms with E-state index in [1.807, 2.05) is 11.0 Å². The number of likely N-dealkylation sites (tertiary alicyclic amines) is 1. The summed E-state index contributed by atoms with van der Waals surface area (Å²) in [5.41, 5.74) is 0.724. The molecular formula is C17H22N4O. The van der Waals surface area contributed by atoms with E-state index in [0.29, 0.717) is 23.4 Å². The van der Waals surface area contributed by atoms with Crippen LogP contribution in [0.3, 0.4) is 0 Å². The summed E-state index contributed by atoms with van der Waals surface area (Å²) < 4.78 is 1.72. The fourth-order valence-electron chi connectivity index (χ4n) is 4.62. The summed E-state index contributed by atoms with van der Waals surface area (Å²) in [6, 6.07) is 0. The number of fused-ring (bicyclic) bond motifs is 5. The van der Waals surface area contributed by atoms with E-state index < -0.39 is 0 Å². The summed E-state index contributed by atoms with van der Waals surface area (Å²) >= 11 is 0. The third kappa shape index (κ3) is 1.87. The minimum absolute atomic E-state index is 0.0277. The lowest BCUT2D eigenvalue weighted by atomic mass is 9.72. The van der Waals surface area contributed by atoms with Gasteiger partial charge in [0.1, 0.15) is 0 Å². The third-order valence-corrected chi connectivity index (χ3v) is 5.88. The van der Waals surface area contributed by atoms with Gasteiger partial charge in [0, 0.05) is 19.6 Å². The predicted molar refractivity (Wildman–Crippen MR) is 83.1 cm³/mol. The Balaban J connectivity index is 1.48. The SMILES string of the molecule is C=CCCn1cc(C(=O)N2CC3[C@@H]4C=C[C@@H](C4)[C@]3(C)C2)nn1. The molecule has 1 saturated carbocycles. The van der Waals surface area contributed by atoms with Crippen molar-refractivity contribution in [3.05, 3.63) is 36.7 Å². The van der Waals surface area contributed by atoms with Crippen LogP contribution in [0.1, 0.15) is 30.3 Å². The summed E-state index contributed by atoms with van der Waals surface area (Å²) in [5, 5.41) is 8.09. The molecular weight excluding hydrogens is 276 g/mol. The average molecular weight is 298 g/mol. The molecule has 3 aliphatic rings. The number of aromatic nitrogens is 3. The van der Waals surface area contributed by atoms with E-state index >= 15 is 0 Å². The van der Waals surface area contributed by atoms with Gasteiger partial charge in [0.05, 0.1) is 6.20 Å². The number of carbonyl (C=O) groups excluding carboxylic acids is 1. The normalized spacial score (nSPS) is 35.1. The minimum Gasteiger partial charge on any atom is -0.336 e. The molecule has 1 unspecified atom stereocenters. The van der Waals surface area contributed by atoms with Gasteiger partial charge >= 0.3 is 0 Å². The molecule has 0 spiro atoms. The van der Waals surface area contributed by atoms with Crippen molar-refractivity contribution < 1.29 is 4.79 Å². The molecule has 2 bridgehead atoms. The second-order valence-corrected chi connectivity index (χ2v) is 7.13. The van der Waals surface area contributed by atoms with Crippen LogP contribution in [0, 0.1) is 23.2 Å². The molecule has 22 heavy (non-hydrogen) atoms. The number of amides is 1. The molecule has 1 aromatic rings. The van der Waals surface area contributed by atoms with Gasteiger partial charge in [-0.3, -0.25) is 9.48 Å². The summed E-state index contributed by atoms with van der Waals surface area (Å²) in [7, 11) is 0. The monoisotopic (exact) mass is 298 g/mol. The summed E-state index contributed by atoms with van der Waals surface area (Å²) in [5.74, 6) is 1.95. The first-order valence-electron chi connectivity index (χ1n) is 8.10. The number of allylic oxidation sites excluding steroid dienone is 3. The van der Waals surface area contributed by atoms with Crippen molar-refractivity contribution in [1.29, 1.82) is 0 Å². The van der Waals surface area contributed by atoms with Gasteiger partial charge in [0.25, 0.3) is 5.91 Å². The minimum atomic E-state index is 0.0277. The average Bonchev–Trinajstić information content (AvgIpc) is 3.24. The molecule has 1 aromatic heterocycles. The molecule has 4 rings (SSSR count). The lowest BCUT2D eigenvalue weighted by Gasteiger charge is -2.31. The van der Waals surface area contributed by atoms with Crippen molar-refractivity contribution in [2.75, 3.05) is 13.1 Å². The van der Waals surface area contributed by atoms with Gasteiger partial charge in [-0.25, -0.2) is 0 Å². The van der Waals surface area contributed by atoms with E-state index in [9.17, 15) is 4.79 Å². The summed E-state index contributed by atoms with van der Waals surface area (Å²) in [4.78, 5) is 14.7. The molecule has 2 aliphatic carbocycles. The Morgan fingerprint density at radius 3 is 3.18 bits per heavy atom. The fourth-order valence-corrected chi connectivity index (χ4v) is 4.62. The lowest BCUT2D eigenvalue weighted by Crippen LogP contribution is -2.33. The molecule has 4 atom stereocenters. The van der Waals surface area contributed by atoms with Crippen LogP contribution < -0.4 is 0 Å². The summed E-state index contributed by atoms with van der Waals surface area (Å²) in [6.07, 6.45) is 10.4. The highest BCUT2D eigenvalue weighted by Gasteiger charge is 2.58. The molecule has 1 aliphatic heterocycles. The van der Waals surface area contributed by atoms with Crippen LogP contribution in [-0.4, -0.2) is 38.9 Å². The van der Waals surface area contributed by atoms with Crippen molar-refractivity contribution in [2.24, 2.45) is 23.2 Å². The molecule has 5 nitrogen and oxygen atoms in total. The number of hydrogen-bond acceptors (Lipinski definition) is 3. The zero-order valence-electron chi connectivity index (χ0n) is 13.0. The Hall–Kier alpha value is -1.91. The maximum Gasteiger partial charge on any atom is 0.276 e. The van der Waals surface area contributed by atoms with E-state index in [-0.39, 0.29) is 11.3 Å². The van der Waals surface area contributed by atoms with Crippen LogP contribution in [0.2, 0.25) is 0 Å². The molecule has 5 heteroatoms. The highest BCUT2D eigenvalue weighted by atomic mass is 16.2. The number of rotatable bonds is 4. The first-order chi connectivity index (χ1) is 10.6. The van der Waals surface area contributed by atoms with Gasteiger partial charge in [-0.1, -0.05) is 30.4 Å². The first kappa shape index (κ1) is 13.7. The zero-order chi connectivity index (χ0) is 15.3. The molecule has 116 valence electrons. The molecule has 2 heterocycles. The maximum absolute atomic E-state index is 12.7. The predicted octanol–water partition coefficient (Wildman–Crippen LogP) is 2.14. The third-order valence-electron chi connectivity index (χ3n) is 5.88. The summed E-state index contributed by atoms with van der Waals surface area (Å²) in [6.45, 7) is 8.48. The van der Waals surface area contributed by atoms with Gasteiger partial charge in [-0.2, -0.15) is 0 Å². The Labute approximate surface area is 130 Å². The van der Waals surface area contributed by atoms with Crippen molar-refractivity contribution in [3.8, 4) is 0 Å². The van der Waals surface area contributed by atoms with Gasteiger partial charge in [0.15, 0.2) is 5.69 Å². The zero-order valence-corrected chi connectivity index (χ0v) is 13.0. The van der Waals surface area contributed by atoms with Crippen molar-refractivity contribution in [1.82, 2.24) is 19.9 Å². The number of aryl methyl sites for hydroxylation is 1. The standard InChI is InChI=1S/C17H22N4O/c1-3-4-7-21-10-15(18-19-21)16(22)20-9-14-12-5-6-13(8-12)17(14,2)11-20/h3,5-6,10,12-14H,1,4,7-9,11H2,2H3/t12-,13+,14?,17+/m1/s1. The van der Waals surface area contributed by atoms with Crippen molar-refractivity contribution in [3.63, 3.8) is 0 Å². The van der Waals surface area contributed by atoms with Crippen LogP contribution >= 0.6 is 0 Å². The van der Waals surface area contributed by atoms with E-state index in [4.69, 9.17) is 0 Å². The van der Waals surface area contributed by atoms with Gasteiger partial charge < -0.3 is 4.90 Å². The Bertz CT molecular complexity index is 649. The molecule has 1 amide bonds. The van der Waals surface area contributed by atoms with Gasteiger partial charge in [0.2, 0.25) is 0 Å². The number of nitrogens with zero attached hydrogens (tertiary/aromatic N) is 4. The largest absolute Gasteiger partial charge is 0.336 e. The first-order valence-corrected chi connectivity index (χ1v) is 8.10. The van der Waals surface area contributed by atoms with Crippen LogP contribution in [0.15, 0.2) is 31.0 Å². The van der Waals surface area contributed by atoms with Crippen LogP contribution in [0.4, 0.5) is 0 Å². The van der Waals surface area contributed by atoms with Gasteiger partial charge in [-0.15, -0.1) is 11.7 Å². The van der Waals surface area contributed by atoms with Crippen LogP contribution in [0.5, 0.6) is 0 Å². The molecule has 0 aromatic carbocycles. The molecule has 2 fully saturated rings. The highest BCUT2D eigenvalue weighted by molar-refractivity contribution is 5.92. The smallest absolute Gasteiger partial charge is 0.276 e.